The first kappa shape index (κ1) is 19.0. The van der Waals surface area contributed by atoms with Gasteiger partial charge in [-0.05, 0) is 31.5 Å². The van der Waals surface area contributed by atoms with Gasteiger partial charge in [0.15, 0.2) is 11.5 Å². The van der Waals surface area contributed by atoms with Gasteiger partial charge in [0.2, 0.25) is 11.8 Å². The van der Waals surface area contributed by atoms with Gasteiger partial charge in [0.05, 0.1) is 25.7 Å². The van der Waals surface area contributed by atoms with Crippen LogP contribution in [0.3, 0.4) is 0 Å². The average Bonchev–Trinajstić information content (AvgIpc) is 2.74. The van der Waals surface area contributed by atoms with E-state index >= 15 is 0 Å². The van der Waals surface area contributed by atoms with Gasteiger partial charge in [0, 0.05) is 31.4 Å². The lowest BCUT2D eigenvalue weighted by molar-refractivity contribution is -0.141. The Balaban J connectivity index is 1.29. The van der Waals surface area contributed by atoms with Crippen LogP contribution in [0.25, 0.3) is 0 Å². The number of likely N-dealkylation sites (tertiary alicyclic amines) is 1. The van der Waals surface area contributed by atoms with Crippen LogP contribution in [-0.2, 0) is 14.3 Å². The molecule has 0 spiro atoms. The monoisotopic (exact) mass is 389 g/mol. The van der Waals surface area contributed by atoms with Crippen LogP contribution < -0.4 is 14.8 Å². The number of amides is 2. The molecule has 0 saturated carbocycles. The second kappa shape index (κ2) is 8.79. The summed E-state index contributed by atoms with van der Waals surface area (Å²) in [5, 5.41) is 2.92. The summed E-state index contributed by atoms with van der Waals surface area (Å²) in [4.78, 5) is 29.2. The molecule has 4 rings (SSSR count). The zero-order valence-electron chi connectivity index (χ0n) is 16.0. The van der Waals surface area contributed by atoms with Crippen molar-refractivity contribution >= 4 is 17.5 Å². The van der Waals surface area contributed by atoms with Crippen LogP contribution >= 0.6 is 0 Å². The number of carbonyl (C=O) groups is 2. The SMILES string of the molecule is O=C(CN1CCCC(C(=O)N2CCOCC2)C1)Nc1ccc2c(c1)OCCO2. The van der Waals surface area contributed by atoms with Crippen LogP contribution in [0.1, 0.15) is 12.8 Å². The van der Waals surface area contributed by atoms with Crippen molar-refractivity contribution in [2.45, 2.75) is 12.8 Å². The zero-order chi connectivity index (χ0) is 19.3. The minimum absolute atomic E-state index is 0.0334. The molecule has 3 aliphatic rings. The highest BCUT2D eigenvalue weighted by atomic mass is 16.6. The lowest BCUT2D eigenvalue weighted by Gasteiger charge is -2.35. The predicted octanol–water partition coefficient (Wildman–Crippen LogP) is 0.967. The number of ether oxygens (including phenoxy) is 3. The number of hydrogen-bond donors (Lipinski definition) is 1. The molecular formula is C20H27N3O5. The summed E-state index contributed by atoms with van der Waals surface area (Å²) >= 11 is 0. The highest BCUT2D eigenvalue weighted by Gasteiger charge is 2.30. The number of nitrogens with one attached hydrogen (secondary N) is 1. The fourth-order valence-electron chi connectivity index (χ4n) is 3.97. The number of benzene rings is 1. The molecule has 2 saturated heterocycles. The van der Waals surface area contributed by atoms with Crippen LogP contribution in [0, 0.1) is 5.92 Å². The van der Waals surface area contributed by atoms with Gasteiger partial charge in [-0.25, -0.2) is 0 Å². The number of rotatable bonds is 4. The third-order valence-corrected chi connectivity index (χ3v) is 5.37. The fourth-order valence-corrected chi connectivity index (χ4v) is 3.97. The third kappa shape index (κ3) is 4.56. The summed E-state index contributed by atoms with van der Waals surface area (Å²) < 4.78 is 16.4. The molecule has 1 N–H and O–H groups in total. The summed E-state index contributed by atoms with van der Waals surface area (Å²) in [5.41, 5.74) is 0.687. The number of fused-ring (bicyclic) bond motifs is 1. The molecule has 1 aromatic carbocycles. The molecule has 1 atom stereocenters. The second-order valence-electron chi connectivity index (χ2n) is 7.42. The van der Waals surface area contributed by atoms with Crippen molar-refractivity contribution in [3.8, 4) is 11.5 Å². The van der Waals surface area contributed by atoms with Crippen molar-refractivity contribution in [3.05, 3.63) is 18.2 Å². The number of morpholine rings is 1. The molecule has 3 aliphatic heterocycles. The minimum atomic E-state index is -0.0869. The molecule has 3 heterocycles. The first-order valence-electron chi connectivity index (χ1n) is 9.97. The summed E-state index contributed by atoms with van der Waals surface area (Å²) in [7, 11) is 0. The van der Waals surface area contributed by atoms with E-state index in [9.17, 15) is 9.59 Å². The molecule has 1 aromatic rings. The standard InChI is InChI=1S/C20H27N3O5/c24-19(21-16-3-4-17-18(12-16)28-11-10-27-17)14-22-5-1-2-15(13-22)20(25)23-6-8-26-9-7-23/h3-4,12,15H,1-2,5-11,13-14H2,(H,21,24). The number of carbonyl (C=O) groups excluding carboxylic acids is 2. The molecule has 152 valence electrons. The maximum absolute atomic E-state index is 12.7. The molecule has 0 radical (unpaired) electrons. The van der Waals surface area contributed by atoms with Crippen molar-refractivity contribution in [1.82, 2.24) is 9.80 Å². The lowest BCUT2D eigenvalue weighted by Crippen LogP contribution is -2.49. The molecule has 1 unspecified atom stereocenters. The van der Waals surface area contributed by atoms with E-state index in [1.54, 1.807) is 6.07 Å². The molecule has 8 nitrogen and oxygen atoms in total. The van der Waals surface area contributed by atoms with Crippen LogP contribution in [0.2, 0.25) is 0 Å². The topological polar surface area (TPSA) is 80.3 Å². The number of piperidine rings is 1. The Morgan fingerprint density at radius 1 is 1.04 bits per heavy atom. The molecule has 2 amide bonds. The van der Waals surface area contributed by atoms with Gasteiger partial charge < -0.3 is 24.4 Å². The smallest absolute Gasteiger partial charge is 0.238 e. The maximum atomic E-state index is 12.7. The van der Waals surface area contributed by atoms with E-state index in [2.05, 4.69) is 10.2 Å². The van der Waals surface area contributed by atoms with Crippen LogP contribution in [-0.4, -0.2) is 80.8 Å². The Morgan fingerprint density at radius 3 is 2.64 bits per heavy atom. The van der Waals surface area contributed by atoms with Crippen molar-refractivity contribution in [2.75, 3.05) is 64.5 Å². The van der Waals surface area contributed by atoms with E-state index in [0.29, 0.717) is 63.2 Å². The largest absolute Gasteiger partial charge is 0.486 e. The summed E-state index contributed by atoms with van der Waals surface area (Å²) in [6.45, 7) is 5.35. The van der Waals surface area contributed by atoms with Crippen molar-refractivity contribution in [1.29, 1.82) is 0 Å². The Bertz CT molecular complexity index is 720. The Labute approximate surface area is 164 Å². The van der Waals surface area contributed by atoms with E-state index in [1.165, 1.54) is 0 Å². The van der Waals surface area contributed by atoms with Gasteiger partial charge >= 0.3 is 0 Å². The first-order chi connectivity index (χ1) is 13.7. The first-order valence-corrected chi connectivity index (χ1v) is 9.97. The highest BCUT2D eigenvalue weighted by Crippen LogP contribution is 2.32. The van der Waals surface area contributed by atoms with Gasteiger partial charge in [0.1, 0.15) is 13.2 Å². The molecular weight excluding hydrogens is 362 g/mol. The summed E-state index contributed by atoms with van der Waals surface area (Å²) in [6.07, 6.45) is 1.81. The molecule has 0 bridgehead atoms. The molecule has 28 heavy (non-hydrogen) atoms. The third-order valence-electron chi connectivity index (χ3n) is 5.37. The molecule has 0 aromatic heterocycles. The van der Waals surface area contributed by atoms with Gasteiger partial charge in [-0.3, -0.25) is 14.5 Å². The molecule has 0 aliphatic carbocycles. The Kier molecular flexibility index (Phi) is 5.97. The minimum Gasteiger partial charge on any atom is -0.486 e. The summed E-state index contributed by atoms with van der Waals surface area (Å²) in [5.74, 6) is 1.42. The number of anilines is 1. The fraction of sp³-hybridized carbons (Fsp3) is 0.600. The van der Waals surface area contributed by atoms with Gasteiger partial charge in [-0.2, -0.15) is 0 Å². The van der Waals surface area contributed by atoms with Crippen molar-refractivity contribution in [3.63, 3.8) is 0 Å². The van der Waals surface area contributed by atoms with Crippen LogP contribution in [0.5, 0.6) is 11.5 Å². The van der Waals surface area contributed by atoms with E-state index in [4.69, 9.17) is 14.2 Å². The van der Waals surface area contributed by atoms with E-state index in [0.717, 1.165) is 19.4 Å². The van der Waals surface area contributed by atoms with Crippen LogP contribution in [0.4, 0.5) is 5.69 Å². The van der Waals surface area contributed by atoms with Gasteiger partial charge in [-0.1, -0.05) is 0 Å². The second-order valence-corrected chi connectivity index (χ2v) is 7.42. The Hall–Kier alpha value is -2.32. The zero-order valence-corrected chi connectivity index (χ0v) is 16.0. The highest BCUT2D eigenvalue weighted by molar-refractivity contribution is 5.92. The van der Waals surface area contributed by atoms with Gasteiger partial charge in [-0.15, -0.1) is 0 Å². The lowest BCUT2D eigenvalue weighted by atomic mass is 9.96. The van der Waals surface area contributed by atoms with Crippen LogP contribution in [0.15, 0.2) is 18.2 Å². The molecule has 2 fully saturated rings. The summed E-state index contributed by atoms with van der Waals surface area (Å²) in [6, 6.07) is 5.40. The van der Waals surface area contributed by atoms with E-state index in [-0.39, 0.29) is 24.3 Å². The average molecular weight is 389 g/mol. The van der Waals surface area contributed by atoms with Crippen molar-refractivity contribution < 1.29 is 23.8 Å². The molecule has 8 heteroatoms. The van der Waals surface area contributed by atoms with E-state index in [1.807, 2.05) is 17.0 Å². The van der Waals surface area contributed by atoms with Gasteiger partial charge in [0.25, 0.3) is 0 Å². The quantitative estimate of drug-likeness (QED) is 0.827. The number of hydrogen-bond acceptors (Lipinski definition) is 6. The number of nitrogens with zero attached hydrogens (tertiary/aromatic N) is 2. The Morgan fingerprint density at radius 2 is 1.82 bits per heavy atom. The predicted molar refractivity (Wildman–Crippen MR) is 103 cm³/mol. The van der Waals surface area contributed by atoms with Crippen molar-refractivity contribution in [2.24, 2.45) is 5.92 Å². The normalized spacial score (nSPS) is 22.6. The van der Waals surface area contributed by atoms with E-state index < -0.39 is 0 Å². The maximum Gasteiger partial charge on any atom is 0.238 e.